The number of carbonyl (C=O) groups excluding carboxylic acids is 2. The molecule has 0 radical (unpaired) electrons. The zero-order valence-corrected chi connectivity index (χ0v) is 16.6. The maximum atomic E-state index is 14.0. The molecule has 0 bridgehead atoms. The Morgan fingerprint density at radius 2 is 1.30 bits per heavy atom. The molecule has 1 unspecified atom stereocenters. The molecule has 3 aromatic rings. The molecule has 3 aromatic carbocycles. The molecule has 1 atom stereocenters. The molecule has 1 amide bonds. The van der Waals surface area contributed by atoms with Gasteiger partial charge in [-0.25, -0.2) is 0 Å². The average molecular weight is 397 g/mol. The normalized spacial score (nSPS) is 17.9. The zero-order chi connectivity index (χ0) is 20.8. The number of hydrogen-bond acceptors (Lipinski definition) is 3. The lowest BCUT2D eigenvalue weighted by Crippen LogP contribution is -2.49. The van der Waals surface area contributed by atoms with Crippen LogP contribution in [0.2, 0.25) is 0 Å². The first-order valence-electron chi connectivity index (χ1n) is 9.97. The van der Waals surface area contributed by atoms with Crippen molar-refractivity contribution in [2.45, 2.75) is 25.1 Å². The summed E-state index contributed by atoms with van der Waals surface area (Å²) in [7, 11) is 0. The zero-order valence-electron chi connectivity index (χ0n) is 16.6. The van der Waals surface area contributed by atoms with Gasteiger partial charge in [-0.05, 0) is 11.1 Å². The lowest BCUT2D eigenvalue weighted by Gasteiger charge is -2.38. The average Bonchev–Trinajstić information content (AvgIpc) is 2.80. The number of nitrogens with zero attached hydrogens (tertiary/aromatic N) is 1. The van der Waals surface area contributed by atoms with E-state index >= 15 is 0 Å². The van der Waals surface area contributed by atoms with Crippen molar-refractivity contribution in [3.63, 3.8) is 0 Å². The highest BCUT2D eigenvalue weighted by Crippen LogP contribution is 2.36. The molecule has 0 aliphatic carbocycles. The van der Waals surface area contributed by atoms with Gasteiger partial charge in [0.1, 0.15) is 0 Å². The minimum absolute atomic E-state index is 0.0214. The summed E-state index contributed by atoms with van der Waals surface area (Å²) in [5.74, 6) is -0.350. The summed E-state index contributed by atoms with van der Waals surface area (Å²) in [4.78, 5) is 28.1. The van der Waals surface area contributed by atoms with E-state index in [9.17, 15) is 9.59 Å². The maximum absolute atomic E-state index is 14.0. The lowest BCUT2D eigenvalue weighted by atomic mass is 9.85. The fourth-order valence-electron chi connectivity index (χ4n) is 3.76. The van der Waals surface area contributed by atoms with E-state index in [0.29, 0.717) is 18.7 Å². The summed E-state index contributed by atoms with van der Waals surface area (Å²) >= 11 is 0. The minimum atomic E-state index is -1.36. The predicted octanol–water partition coefficient (Wildman–Crippen LogP) is 4.61. The van der Waals surface area contributed by atoms with Crippen LogP contribution in [0.25, 0.3) is 0 Å². The van der Waals surface area contributed by atoms with Crippen molar-refractivity contribution in [2.24, 2.45) is 0 Å². The van der Waals surface area contributed by atoms with Gasteiger partial charge in [-0.15, -0.1) is 0 Å². The van der Waals surface area contributed by atoms with E-state index in [2.05, 4.69) is 0 Å². The fourth-order valence-corrected chi connectivity index (χ4v) is 3.76. The molecule has 4 rings (SSSR count). The first-order valence-corrected chi connectivity index (χ1v) is 9.97. The number of ketones is 1. The van der Waals surface area contributed by atoms with Crippen LogP contribution in [-0.2, 0) is 33.0 Å². The molecular formula is C26H23NO3. The van der Waals surface area contributed by atoms with Gasteiger partial charge in [0.15, 0.2) is 5.78 Å². The summed E-state index contributed by atoms with van der Waals surface area (Å²) < 4.78 is 5.95. The summed E-state index contributed by atoms with van der Waals surface area (Å²) in [5, 5.41) is 0. The Morgan fingerprint density at radius 1 is 0.800 bits per heavy atom. The van der Waals surface area contributed by atoms with E-state index in [4.69, 9.17) is 4.74 Å². The van der Waals surface area contributed by atoms with E-state index in [1.807, 2.05) is 91.0 Å². The molecule has 0 spiro atoms. The Labute approximate surface area is 176 Å². The van der Waals surface area contributed by atoms with Crippen LogP contribution in [0.3, 0.4) is 0 Å². The van der Waals surface area contributed by atoms with Crippen LogP contribution >= 0.6 is 0 Å². The van der Waals surface area contributed by atoms with Gasteiger partial charge < -0.3 is 9.64 Å². The molecule has 1 heterocycles. The van der Waals surface area contributed by atoms with Crippen LogP contribution in [0.15, 0.2) is 103 Å². The van der Waals surface area contributed by atoms with Gasteiger partial charge in [-0.1, -0.05) is 91.0 Å². The van der Waals surface area contributed by atoms with Crippen molar-refractivity contribution in [1.29, 1.82) is 0 Å². The van der Waals surface area contributed by atoms with Crippen LogP contribution in [0.4, 0.5) is 0 Å². The Bertz CT molecular complexity index is 990. The smallest absolute Gasteiger partial charge is 0.272 e. The first kappa shape index (κ1) is 19.6. The van der Waals surface area contributed by atoms with Crippen molar-refractivity contribution < 1.29 is 14.3 Å². The fraction of sp³-hybridized carbons (Fsp3) is 0.154. The molecule has 0 fully saturated rings. The van der Waals surface area contributed by atoms with Gasteiger partial charge in [0.25, 0.3) is 5.91 Å². The standard InChI is InChI=1S/C26H23NO3/c28-24-16-17-30-26(18-24,23-14-8-3-9-15-23)25(29)27(19-21-10-4-1-5-11-21)20-22-12-6-2-7-13-22/h1-17H,18-20H2. The lowest BCUT2D eigenvalue weighted by molar-refractivity contribution is -0.159. The van der Waals surface area contributed by atoms with Crippen LogP contribution in [0.1, 0.15) is 23.1 Å². The molecule has 30 heavy (non-hydrogen) atoms. The van der Waals surface area contributed by atoms with Gasteiger partial charge in [-0.3, -0.25) is 9.59 Å². The quantitative estimate of drug-likeness (QED) is 0.610. The summed E-state index contributed by atoms with van der Waals surface area (Å²) in [6.45, 7) is 0.842. The van der Waals surface area contributed by atoms with E-state index in [0.717, 1.165) is 11.1 Å². The molecule has 1 aliphatic heterocycles. The third kappa shape index (κ3) is 4.18. The molecule has 4 heteroatoms. The van der Waals surface area contributed by atoms with Crippen molar-refractivity contribution in [3.05, 3.63) is 120 Å². The molecule has 1 aliphatic rings. The largest absolute Gasteiger partial charge is 0.480 e. The highest BCUT2D eigenvalue weighted by molar-refractivity contribution is 5.98. The van der Waals surface area contributed by atoms with E-state index in [1.54, 1.807) is 4.90 Å². The second-order valence-corrected chi connectivity index (χ2v) is 7.39. The summed E-state index contributed by atoms with van der Waals surface area (Å²) in [5.41, 5.74) is 1.35. The second kappa shape index (κ2) is 8.78. The molecule has 150 valence electrons. The summed E-state index contributed by atoms with van der Waals surface area (Å²) in [6, 6.07) is 29.0. The monoisotopic (exact) mass is 397 g/mol. The number of allylic oxidation sites excluding steroid dienone is 1. The molecule has 4 nitrogen and oxygen atoms in total. The van der Waals surface area contributed by atoms with Gasteiger partial charge >= 0.3 is 0 Å². The van der Waals surface area contributed by atoms with Crippen molar-refractivity contribution in [2.75, 3.05) is 0 Å². The van der Waals surface area contributed by atoms with Crippen molar-refractivity contribution in [3.8, 4) is 0 Å². The second-order valence-electron chi connectivity index (χ2n) is 7.39. The maximum Gasteiger partial charge on any atom is 0.272 e. The van der Waals surface area contributed by atoms with E-state index in [-0.39, 0.29) is 18.1 Å². The highest BCUT2D eigenvalue weighted by atomic mass is 16.5. The number of benzene rings is 3. The van der Waals surface area contributed by atoms with E-state index in [1.165, 1.54) is 12.3 Å². The van der Waals surface area contributed by atoms with Crippen LogP contribution in [0, 0.1) is 0 Å². The molecule has 0 N–H and O–H groups in total. The molecule has 0 saturated carbocycles. The van der Waals surface area contributed by atoms with Gasteiger partial charge in [-0.2, -0.15) is 0 Å². The molecule has 0 saturated heterocycles. The van der Waals surface area contributed by atoms with Crippen molar-refractivity contribution in [1.82, 2.24) is 4.90 Å². The van der Waals surface area contributed by atoms with Crippen LogP contribution < -0.4 is 0 Å². The number of ether oxygens (including phenoxy) is 1. The molecular weight excluding hydrogens is 374 g/mol. The van der Waals surface area contributed by atoms with E-state index < -0.39 is 5.60 Å². The van der Waals surface area contributed by atoms with Gasteiger partial charge in [0, 0.05) is 24.7 Å². The minimum Gasteiger partial charge on any atom is -0.480 e. The number of carbonyl (C=O) groups is 2. The number of amides is 1. The Hall–Kier alpha value is -3.66. The number of hydrogen-bond donors (Lipinski definition) is 0. The Balaban J connectivity index is 1.74. The third-order valence-corrected chi connectivity index (χ3v) is 5.25. The highest BCUT2D eigenvalue weighted by Gasteiger charge is 2.47. The SMILES string of the molecule is O=C1C=COC(C(=O)N(Cc2ccccc2)Cc2ccccc2)(c2ccccc2)C1. The summed E-state index contributed by atoms with van der Waals surface area (Å²) in [6.07, 6.45) is 2.71. The Kier molecular flexibility index (Phi) is 5.75. The molecule has 0 aromatic heterocycles. The van der Waals surface area contributed by atoms with Crippen LogP contribution in [0.5, 0.6) is 0 Å². The van der Waals surface area contributed by atoms with Gasteiger partial charge in [0.2, 0.25) is 5.60 Å². The third-order valence-electron chi connectivity index (χ3n) is 5.25. The Morgan fingerprint density at radius 3 is 1.80 bits per heavy atom. The predicted molar refractivity (Wildman–Crippen MR) is 115 cm³/mol. The van der Waals surface area contributed by atoms with Crippen LogP contribution in [-0.4, -0.2) is 16.6 Å². The topological polar surface area (TPSA) is 46.6 Å². The van der Waals surface area contributed by atoms with Crippen molar-refractivity contribution >= 4 is 11.7 Å². The number of rotatable bonds is 6. The van der Waals surface area contributed by atoms with Gasteiger partial charge in [0.05, 0.1) is 12.7 Å². The first-order chi connectivity index (χ1) is 14.7.